The Morgan fingerprint density at radius 2 is 1.76 bits per heavy atom. The Morgan fingerprint density at radius 1 is 1.00 bits per heavy atom. The van der Waals surface area contributed by atoms with Crippen molar-refractivity contribution in [3.05, 3.63) is 84.0 Å². The van der Waals surface area contributed by atoms with E-state index >= 15 is 0 Å². The van der Waals surface area contributed by atoms with Gasteiger partial charge in [-0.2, -0.15) is 0 Å². The first-order valence-corrected chi connectivity index (χ1v) is 9.55. The minimum absolute atomic E-state index is 0.0755. The summed E-state index contributed by atoms with van der Waals surface area (Å²) >= 11 is 0. The molecule has 5 heteroatoms. The summed E-state index contributed by atoms with van der Waals surface area (Å²) in [5, 5.41) is 8.64. The van der Waals surface area contributed by atoms with Crippen molar-refractivity contribution in [3.8, 4) is 0 Å². The number of allylic oxidation sites excluding steroid dienone is 1. The lowest BCUT2D eigenvalue weighted by Crippen LogP contribution is -2.04. The van der Waals surface area contributed by atoms with Crippen LogP contribution in [0.1, 0.15) is 17.5 Å². The Bertz CT molecular complexity index is 866. The number of carboxylic acid groups (broad SMARTS) is 1. The molecule has 0 fully saturated rings. The van der Waals surface area contributed by atoms with Crippen molar-refractivity contribution in [1.82, 2.24) is 0 Å². The van der Waals surface area contributed by atoms with E-state index in [-0.39, 0.29) is 10.6 Å². The maximum absolute atomic E-state index is 12.4. The quantitative estimate of drug-likeness (QED) is 0.578. The highest BCUT2D eigenvalue weighted by Gasteiger charge is 2.12. The number of aliphatic carboxylic acids is 1. The normalized spacial score (nSPS) is 12.0. The molecular weight excluding hydrogens is 336 g/mol. The van der Waals surface area contributed by atoms with E-state index in [9.17, 15) is 13.2 Å². The fourth-order valence-corrected chi connectivity index (χ4v) is 3.47. The maximum atomic E-state index is 12.4. The summed E-state index contributed by atoms with van der Waals surface area (Å²) in [7, 11) is -3.43. The van der Waals surface area contributed by atoms with Gasteiger partial charge in [0.1, 0.15) is 0 Å². The molecule has 2 aromatic rings. The number of carboxylic acids is 1. The average molecular weight is 356 g/mol. The molecule has 0 aliphatic carbocycles. The molecule has 0 aromatic heterocycles. The van der Waals surface area contributed by atoms with E-state index in [0.717, 1.165) is 18.9 Å². The maximum Gasteiger partial charge on any atom is 0.328 e. The van der Waals surface area contributed by atoms with Crippen LogP contribution in [0.2, 0.25) is 0 Å². The van der Waals surface area contributed by atoms with Gasteiger partial charge in [-0.1, -0.05) is 54.6 Å². The van der Waals surface area contributed by atoms with Gasteiger partial charge in [0, 0.05) is 6.08 Å². The van der Waals surface area contributed by atoms with Gasteiger partial charge in [-0.05, 0) is 42.2 Å². The fraction of sp³-hybridized carbons (Fsp3) is 0.150. The van der Waals surface area contributed by atoms with Gasteiger partial charge < -0.3 is 5.11 Å². The standard InChI is InChI=1S/C20H20O4S/c21-20(22)14-13-18-11-7-12-19(16-18)25(23,24)15-6-2-5-10-17-8-3-1-4-9-17/h1-4,6-9,11-14,16H,5,10,15H2,(H,21,22)/b6-2+,14-13+. The molecule has 0 bridgehead atoms. The van der Waals surface area contributed by atoms with Gasteiger partial charge in [0.2, 0.25) is 0 Å². The highest BCUT2D eigenvalue weighted by molar-refractivity contribution is 7.91. The van der Waals surface area contributed by atoms with Crippen LogP contribution in [0.5, 0.6) is 0 Å². The Morgan fingerprint density at radius 3 is 2.48 bits per heavy atom. The van der Waals surface area contributed by atoms with Gasteiger partial charge in [0.05, 0.1) is 10.6 Å². The van der Waals surface area contributed by atoms with Gasteiger partial charge >= 0.3 is 5.97 Å². The Hall–Kier alpha value is -2.66. The van der Waals surface area contributed by atoms with Crippen molar-refractivity contribution >= 4 is 21.9 Å². The van der Waals surface area contributed by atoms with Crippen LogP contribution in [0.15, 0.2) is 77.7 Å². The second-order valence-corrected chi connectivity index (χ2v) is 7.56. The SMILES string of the molecule is O=C(O)/C=C/c1cccc(S(=O)(=O)C/C=C/CCc2ccccc2)c1. The van der Waals surface area contributed by atoms with Crippen LogP contribution in [-0.4, -0.2) is 25.2 Å². The van der Waals surface area contributed by atoms with Gasteiger partial charge in [0.15, 0.2) is 9.84 Å². The van der Waals surface area contributed by atoms with Crippen molar-refractivity contribution in [2.24, 2.45) is 0 Å². The number of rotatable bonds is 8. The van der Waals surface area contributed by atoms with E-state index in [1.807, 2.05) is 36.4 Å². The molecule has 0 amide bonds. The Balaban J connectivity index is 1.95. The van der Waals surface area contributed by atoms with E-state index in [1.54, 1.807) is 18.2 Å². The highest BCUT2D eigenvalue weighted by atomic mass is 32.2. The summed E-state index contributed by atoms with van der Waals surface area (Å²) in [6, 6.07) is 16.3. The molecule has 0 heterocycles. The third kappa shape index (κ3) is 6.39. The monoisotopic (exact) mass is 356 g/mol. The van der Waals surface area contributed by atoms with Crippen LogP contribution in [0.4, 0.5) is 0 Å². The number of aryl methyl sites for hydroxylation is 1. The van der Waals surface area contributed by atoms with Gasteiger partial charge in [-0.3, -0.25) is 0 Å². The lowest BCUT2D eigenvalue weighted by molar-refractivity contribution is -0.131. The lowest BCUT2D eigenvalue weighted by atomic mass is 10.1. The van der Waals surface area contributed by atoms with Gasteiger partial charge in [-0.15, -0.1) is 0 Å². The number of benzene rings is 2. The van der Waals surface area contributed by atoms with E-state index in [4.69, 9.17) is 5.11 Å². The second-order valence-electron chi connectivity index (χ2n) is 5.52. The predicted octanol–water partition coefficient (Wildman–Crippen LogP) is 3.75. The van der Waals surface area contributed by atoms with Crippen LogP contribution >= 0.6 is 0 Å². The molecule has 0 unspecified atom stereocenters. The first-order valence-electron chi connectivity index (χ1n) is 7.90. The summed E-state index contributed by atoms with van der Waals surface area (Å²) in [6.07, 6.45) is 7.54. The lowest BCUT2D eigenvalue weighted by Gasteiger charge is -2.03. The van der Waals surface area contributed by atoms with Crippen molar-refractivity contribution in [2.45, 2.75) is 17.7 Å². The second kappa shape index (κ2) is 8.99. The van der Waals surface area contributed by atoms with E-state index in [2.05, 4.69) is 0 Å². The molecule has 0 radical (unpaired) electrons. The molecule has 0 aliphatic heterocycles. The third-order valence-corrected chi connectivity index (χ3v) is 5.16. The number of sulfone groups is 1. The first kappa shape index (κ1) is 18.7. The summed E-state index contributed by atoms with van der Waals surface area (Å²) < 4.78 is 24.7. The predicted molar refractivity (Wildman–Crippen MR) is 99.1 cm³/mol. The van der Waals surface area contributed by atoms with E-state index in [0.29, 0.717) is 5.56 Å². The average Bonchev–Trinajstić information content (AvgIpc) is 2.61. The minimum atomic E-state index is -3.43. The highest BCUT2D eigenvalue weighted by Crippen LogP contribution is 2.15. The van der Waals surface area contributed by atoms with Crippen LogP contribution in [0, 0.1) is 0 Å². The molecule has 0 atom stereocenters. The first-order chi connectivity index (χ1) is 12.0. The summed E-state index contributed by atoms with van der Waals surface area (Å²) in [5.41, 5.74) is 1.75. The molecule has 1 N–H and O–H groups in total. The largest absolute Gasteiger partial charge is 0.478 e. The zero-order valence-electron chi connectivity index (χ0n) is 13.7. The molecule has 4 nitrogen and oxygen atoms in total. The Labute approximate surface area is 148 Å². The summed E-state index contributed by atoms with van der Waals surface area (Å²) in [4.78, 5) is 10.7. The molecule has 2 aromatic carbocycles. The molecule has 0 aliphatic rings. The van der Waals surface area contributed by atoms with Crippen molar-refractivity contribution < 1.29 is 18.3 Å². The van der Waals surface area contributed by atoms with Crippen LogP contribution < -0.4 is 0 Å². The molecule has 2 rings (SSSR count). The van der Waals surface area contributed by atoms with Gasteiger partial charge in [0.25, 0.3) is 0 Å². The molecule has 0 spiro atoms. The molecule has 0 saturated heterocycles. The zero-order valence-corrected chi connectivity index (χ0v) is 14.5. The number of hydrogen-bond acceptors (Lipinski definition) is 3. The Kier molecular flexibility index (Phi) is 6.71. The molecule has 25 heavy (non-hydrogen) atoms. The van der Waals surface area contributed by atoms with Crippen molar-refractivity contribution in [1.29, 1.82) is 0 Å². The van der Waals surface area contributed by atoms with Crippen molar-refractivity contribution in [3.63, 3.8) is 0 Å². The summed E-state index contributed by atoms with van der Waals surface area (Å²) in [6.45, 7) is 0. The van der Waals surface area contributed by atoms with E-state index < -0.39 is 15.8 Å². The molecular formula is C20H20O4S. The third-order valence-electron chi connectivity index (χ3n) is 3.56. The van der Waals surface area contributed by atoms with Crippen LogP contribution in [-0.2, 0) is 21.1 Å². The minimum Gasteiger partial charge on any atom is -0.478 e. The van der Waals surface area contributed by atoms with Crippen LogP contribution in [0.25, 0.3) is 6.08 Å². The topological polar surface area (TPSA) is 71.4 Å². The molecule has 0 saturated carbocycles. The number of carbonyl (C=O) groups is 1. The fourth-order valence-electron chi connectivity index (χ4n) is 2.28. The van der Waals surface area contributed by atoms with Crippen LogP contribution in [0.3, 0.4) is 0 Å². The summed E-state index contributed by atoms with van der Waals surface area (Å²) in [5.74, 6) is -1.15. The van der Waals surface area contributed by atoms with Gasteiger partial charge in [-0.25, -0.2) is 13.2 Å². The molecule has 130 valence electrons. The van der Waals surface area contributed by atoms with E-state index in [1.165, 1.54) is 23.8 Å². The van der Waals surface area contributed by atoms with Crippen molar-refractivity contribution in [2.75, 3.05) is 5.75 Å². The zero-order chi connectivity index (χ0) is 18.1. The smallest absolute Gasteiger partial charge is 0.328 e. The number of hydrogen-bond donors (Lipinski definition) is 1.